The minimum atomic E-state index is -4.61. The van der Waals surface area contributed by atoms with Gasteiger partial charge in [-0.3, -0.25) is 24.0 Å². The van der Waals surface area contributed by atoms with Crippen molar-refractivity contribution in [1.82, 2.24) is 10.2 Å². The molecular formula is C31H37ClN4O7S. The van der Waals surface area contributed by atoms with Gasteiger partial charge in [-0.05, 0) is 63.9 Å². The summed E-state index contributed by atoms with van der Waals surface area (Å²) in [5.41, 5.74) is 1.57. The van der Waals surface area contributed by atoms with E-state index in [2.05, 4.69) is 5.32 Å². The normalized spacial score (nSPS) is 12.0. The lowest BCUT2D eigenvalue weighted by atomic mass is 10.1. The Kier molecular flexibility index (Phi) is 11.3. The van der Waals surface area contributed by atoms with Gasteiger partial charge in [0.1, 0.15) is 18.3 Å². The fourth-order valence-electron chi connectivity index (χ4n) is 4.64. The van der Waals surface area contributed by atoms with Crippen LogP contribution in [0.2, 0.25) is 5.02 Å². The van der Waals surface area contributed by atoms with Gasteiger partial charge in [0, 0.05) is 29.2 Å². The summed E-state index contributed by atoms with van der Waals surface area (Å²) in [6.07, 6.45) is 0.257. The molecule has 0 fully saturated rings. The van der Waals surface area contributed by atoms with Gasteiger partial charge in [0.15, 0.2) is 0 Å². The lowest BCUT2D eigenvalue weighted by Crippen LogP contribution is -2.53. The van der Waals surface area contributed by atoms with Gasteiger partial charge in [-0.2, -0.15) is 0 Å². The number of aryl methyl sites for hydroxylation is 2. The lowest BCUT2D eigenvalue weighted by molar-refractivity contribution is -0.385. The van der Waals surface area contributed by atoms with Gasteiger partial charge in [0.05, 0.1) is 22.6 Å². The van der Waals surface area contributed by atoms with Crippen molar-refractivity contribution in [2.75, 3.05) is 18.0 Å². The summed E-state index contributed by atoms with van der Waals surface area (Å²) >= 11 is 6.27. The van der Waals surface area contributed by atoms with Crippen molar-refractivity contribution in [3.05, 3.63) is 92.5 Å². The van der Waals surface area contributed by atoms with Crippen molar-refractivity contribution >= 4 is 44.8 Å². The molecule has 2 amide bonds. The van der Waals surface area contributed by atoms with Gasteiger partial charge >= 0.3 is 0 Å². The van der Waals surface area contributed by atoms with E-state index >= 15 is 0 Å². The quantitative estimate of drug-likeness (QED) is 0.194. The SMILES string of the molecule is CC[C@H](C(=O)NC(C)C)N(Cc1ccc(C)cc1)C(=O)CN(c1cc(Cl)ccc1OC)S(=O)(=O)c1ccc(C)c([N+](=O)[O-])c1. The third-order valence-corrected chi connectivity index (χ3v) is 8.93. The Morgan fingerprint density at radius 2 is 1.70 bits per heavy atom. The molecular weight excluding hydrogens is 608 g/mol. The number of ether oxygens (including phenoxy) is 1. The number of rotatable bonds is 13. The number of hydrogen-bond acceptors (Lipinski definition) is 7. The standard InChI is InChI=1S/C31H37ClN4O7S/c1-7-26(31(38)33-20(2)3)34(18-23-11-8-21(4)9-12-23)30(37)19-35(28-16-24(32)13-15-29(28)43-6)44(41,42)25-14-10-22(5)27(17-25)36(39)40/h8-17,20,26H,7,18-19H2,1-6H3,(H,33,38)/t26-/m1/s1. The number of halogens is 1. The molecule has 0 spiro atoms. The number of benzene rings is 3. The third-order valence-electron chi connectivity index (χ3n) is 6.94. The molecule has 0 unspecified atom stereocenters. The van der Waals surface area contributed by atoms with Gasteiger partial charge in [0.25, 0.3) is 15.7 Å². The highest BCUT2D eigenvalue weighted by Gasteiger charge is 2.35. The summed E-state index contributed by atoms with van der Waals surface area (Å²) in [6, 6.07) is 14.1. The summed E-state index contributed by atoms with van der Waals surface area (Å²) in [5.74, 6) is -0.961. The molecule has 0 aliphatic heterocycles. The molecule has 0 saturated carbocycles. The number of hydrogen-bond donors (Lipinski definition) is 1. The van der Waals surface area contributed by atoms with E-state index in [0.29, 0.717) is 0 Å². The van der Waals surface area contributed by atoms with Gasteiger partial charge in [0.2, 0.25) is 11.8 Å². The molecule has 0 radical (unpaired) electrons. The van der Waals surface area contributed by atoms with Crippen LogP contribution in [0, 0.1) is 24.0 Å². The monoisotopic (exact) mass is 644 g/mol. The molecule has 13 heteroatoms. The van der Waals surface area contributed by atoms with Crippen LogP contribution in [0.1, 0.15) is 43.9 Å². The Hall–Kier alpha value is -4.16. The Labute approximate surface area is 263 Å². The molecule has 44 heavy (non-hydrogen) atoms. The number of methoxy groups -OCH3 is 1. The van der Waals surface area contributed by atoms with Gasteiger partial charge in [-0.25, -0.2) is 8.42 Å². The van der Waals surface area contributed by atoms with E-state index in [-0.39, 0.29) is 46.9 Å². The Morgan fingerprint density at radius 1 is 1.05 bits per heavy atom. The van der Waals surface area contributed by atoms with Crippen molar-refractivity contribution < 1.29 is 27.7 Å². The van der Waals surface area contributed by atoms with Crippen LogP contribution in [0.25, 0.3) is 0 Å². The molecule has 0 aliphatic rings. The molecule has 0 aliphatic carbocycles. The van der Waals surface area contributed by atoms with Crippen molar-refractivity contribution in [3.63, 3.8) is 0 Å². The molecule has 3 rings (SSSR count). The number of anilines is 1. The number of nitro groups is 1. The van der Waals surface area contributed by atoms with Crippen molar-refractivity contribution in [2.45, 2.75) is 64.6 Å². The van der Waals surface area contributed by atoms with E-state index in [1.54, 1.807) is 20.8 Å². The number of nitrogens with zero attached hydrogens (tertiary/aromatic N) is 3. The second-order valence-corrected chi connectivity index (χ2v) is 12.9. The molecule has 236 valence electrons. The zero-order valence-electron chi connectivity index (χ0n) is 25.5. The topological polar surface area (TPSA) is 139 Å². The largest absolute Gasteiger partial charge is 0.495 e. The van der Waals surface area contributed by atoms with Gasteiger partial charge in [-0.1, -0.05) is 54.4 Å². The predicted molar refractivity (Wildman–Crippen MR) is 169 cm³/mol. The first-order valence-electron chi connectivity index (χ1n) is 14.0. The summed E-state index contributed by atoms with van der Waals surface area (Å²) in [4.78, 5) is 39.5. The zero-order valence-corrected chi connectivity index (χ0v) is 27.1. The summed E-state index contributed by atoms with van der Waals surface area (Å²) in [7, 11) is -3.28. The minimum absolute atomic E-state index is 0.0275. The highest BCUT2D eigenvalue weighted by Crippen LogP contribution is 2.36. The first-order valence-corrected chi connectivity index (χ1v) is 15.8. The number of nitrogens with one attached hydrogen (secondary N) is 1. The van der Waals surface area contributed by atoms with Crippen LogP contribution in [-0.2, 0) is 26.2 Å². The minimum Gasteiger partial charge on any atom is -0.495 e. The van der Waals surface area contributed by atoms with E-state index in [0.717, 1.165) is 21.5 Å². The third kappa shape index (κ3) is 8.06. The van der Waals surface area contributed by atoms with Crippen LogP contribution in [0.4, 0.5) is 11.4 Å². The maximum atomic E-state index is 14.2. The molecule has 3 aromatic rings. The Balaban J connectivity index is 2.19. The van der Waals surface area contributed by atoms with E-state index in [9.17, 15) is 28.1 Å². The Morgan fingerprint density at radius 3 is 2.27 bits per heavy atom. The number of nitro benzene ring substituents is 1. The second kappa shape index (κ2) is 14.5. The summed E-state index contributed by atoms with van der Waals surface area (Å²) < 4.78 is 34.7. The van der Waals surface area contributed by atoms with Crippen LogP contribution in [-0.4, -0.2) is 55.8 Å². The average molecular weight is 645 g/mol. The molecule has 0 aromatic heterocycles. The fraction of sp³-hybridized carbons (Fsp3) is 0.355. The first kappa shape index (κ1) is 34.3. The van der Waals surface area contributed by atoms with Gasteiger partial charge in [-0.15, -0.1) is 0 Å². The van der Waals surface area contributed by atoms with Gasteiger partial charge < -0.3 is 15.0 Å². The van der Waals surface area contributed by atoms with Crippen LogP contribution >= 0.6 is 11.6 Å². The highest BCUT2D eigenvalue weighted by molar-refractivity contribution is 7.92. The predicted octanol–water partition coefficient (Wildman–Crippen LogP) is 5.40. The molecule has 0 bridgehead atoms. The van der Waals surface area contributed by atoms with Crippen molar-refractivity contribution in [1.29, 1.82) is 0 Å². The molecule has 0 heterocycles. The van der Waals surface area contributed by atoms with E-state index in [1.807, 2.05) is 31.2 Å². The molecule has 1 N–H and O–H groups in total. The number of sulfonamides is 1. The zero-order chi connectivity index (χ0) is 32.8. The van der Waals surface area contributed by atoms with E-state index in [1.165, 1.54) is 49.3 Å². The van der Waals surface area contributed by atoms with Crippen LogP contribution in [0.5, 0.6) is 5.75 Å². The van der Waals surface area contributed by atoms with E-state index in [4.69, 9.17) is 16.3 Å². The van der Waals surface area contributed by atoms with Crippen LogP contribution in [0.3, 0.4) is 0 Å². The smallest absolute Gasteiger partial charge is 0.273 e. The molecule has 11 nitrogen and oxygen atoms in total. The van der Waals surface area contributed by atoms with Crippen molar-refractivity contribution in [3.8, 4) is 5.75 Å². The highest BCUT2D eigenvalue weighted by atomic mass is 35.5. The second-order valence-electron chi connectivity index (χ2n) is 10.6. The fourth-order valence-corrected chi connectivity index (χ4v) is 6.24. The summed E-state index contributed by atoms with van der Waals surface area (Å²) in [6.45, 7) is 8.06. The lowest BCUT2D eigenvalue weighted by Gasteiger charge is -2.34. The first-order chi connectivity index (χ1) is 20.7. The number of carbonyl (C=O) groups excluding carboxylic acids is 2. The number of carbonyl (C=O) groups is 2. The number of amides is 2. The average Bonchev–Trinajstić information content (AvgIpc) is 2.96. The molecule has 0 saturated heterocycles. The Bertz CT molecular complexity index is 1630. The van der Waals surface area contributed by atoms with Crippen molar-refractivity contribution in [2.24, 2.45) is 0 Å². The van der Waals surface area contributed by atoms with Crippen LogP contribution in [0.15, 0.2) is 65.6 Å². The molecule has 3 aromatic carbocycles. The maximum absolute atomic E-state index is 14.2. The van der Waals surface area contributed by atoms with Crippen LogP contribution < -0.4 is 14.4 Å². The maximum Gasteiger partial charge on any atom is 0.273 e. The van der Waals surface area contributed by atoms with E-state index < -0.39 is 44.0 Å². The molecule has 1 atom stereocenters. The summed E-state index contributed by atoms with van der Waals surface area (Å²) in [5, 5.41) is 14.7.